The molecule has 0 fully saturated rings. The lowest BCUT2D eigenvalue weighted by Gasteiger charge is -2.19. The topological polar surface area (TPSA) is 24.4 Å². The van der Waals surface area contributed by atoms with E-state index in [1.54, 1.807) is 0 Å². The van der Waals surface area contributed by atoms with Crippen LogP contribution < -0.4 is 5.32 Å². The second kappa shape index (κ2) is 5.75. The number of halogens is 1. The second-order valence-corrected chi connectivity index (χ2v) is 8.38. The fourth-order valence-corrected chi connectivity index (χ4v) is 3.77. The smallest absolute Gasteiger partial charge is 0.0483 e. The number of nitrogens with one attached hydrogen (secondary N) is 1. The zero-order valence-electron chi connectivity index (χ0n) is 13.0. The second-order valence-electron chi connectivity index (χ2n) is 6.78. The molecule has 0 saturated heterocycles. The van der Waals surface area contributed by atoms with Gasteiger partial charge in [-0.2, -0.15) is 0 Å². The Kier molecular flexibility index (Phi) is 4.12. The minimum atomic E-state index is 0.163. The maximum Gasteiger partial charge on any atom is 0.0483 e. The first-order valence-electron chi connectivity index (χ1n) is 7.72. The van der Waals surface area contributed by atoms with Crippen molar-refractivity contribution in [2.75, 3.05) is 6.54 Å². The van der Waals surface area contributed by atoms with E-state index in [0.717, 1.165) is 25.8 Å². The lowest BCUT2D eigenvalue weighted by Crippen LogP contribution is -2.12. The van der Waals surface area contributed by atoms with Crippen LogP contribution in [0.4, 0.5) is 0 Å². The van der Waals surface area contributed by atoms with Gasteiger partial charge < -0.3 is 5.32 Å². The number of aliphatic imine (C=N–C) groups is 1. The molecule has 1 unspecified atom stereocenters. The van der Waals surface area contributed by atoms with Crippen molar-refractivity contribution < 1.29 is 0 Å². The van der Waals surface area contributed by atoms with Gasteiger partial charge in [-0.15, -0.1) is 0 Å². The average Bonchev–Trinajstić information content (AvgIpc) is 2.95. The predicted octanol–water partition coefficient (Wildman–Crippen LogP) is 4.70. The van der Waals surface area contributed by atoms with Crippen LogP contribution in [0.2, 0.25) is 0 Å². The summed E-state index contributed by atoms with van der Waals surface area (Å²) < 4.78 is 0.643. The molecule has 3 heteroatoms. The van der Waals surface area contributed by atoms with Gasteiger partial charge in [-0.05, 0) is 43.4 Å². The Labute approximate surface area is 141 Å². The van der Waals surface area contributed by atoms with Crippen LogP contribution >= 0.6 is 22.6 Å². The van der Waals surface area contributed by atoms with E-state index < -0.39 is 0 Å². The van der Waals surface area contributed by atoms with Gasteiger partial charge in [-0.3, -0.25) is 4.99 Å². The molecule has 1 atom stereocenters. The van der Waals surface area contributed by atoms with E-state index in [2.05, 4.69) is 73.0 Å². The van der Waals surface area contributed by atoms with E-state index in [1.807, 2.05) is 0 Å². The molecule has 112 valence electrons. The summed E-state index contributed by atoms with van der Waals surface area (Å²) >= 11 is 2.49. The van der Waals surface area contributed by atoms with E-state index in [0.29, 0.717) is 3.92 Å². The van der Waals surface area contributed by atoms with Gasteiger partial charge >= 0.3 is 0 Å². The molecule has 3 aliphatic rings. The number of nitrogens with zero attached hydrogens (tertiary/aromatic N) is 1. The van der Waals surface area contributed by atoms with Crippen LogP contribution in [0.3, 0.4) is 0 Å². The fourth-order valence-electron chi connectivity index (χ4n) is 3.31. The van der Waals surface area contributed by atoms with Crippen molar-refractivity contribution >= 4 is 28.3 Å². The highest BCUT2D eigenvalue weighted by molar-refractivity contribution is 14.1. The van der Waals surface area contributed by atoms with Gasteiger partial charge in [0.15, 0.2) is 0 Å². The first-order valence-corrected chi connectivity index (χ1v) is 8.96. The summed E-state index contributed by atoms with van der Waals surface area (Å²) in [4.78, 5) is 4.76. The Balaban J connectivity index is 1.94. The van der Waals surface area contributed by atoms with Crippen molar-refractivity contribution in [3.05, 3.63) is 46.8 Å². The molecule has 0 radical (unpaired) electrons. The van der Waals surface area contributed by atoms with Gasteiger partial charge in [-0.1, -0.05) is 54.7 Å². The van der Waals surface area contributed by atoms with Crippen LogP contribution in [0.25, 0.3) is 0 Å². The molecule has 0 aromatic carbocycles. The third-order valence-electron chi connectivity index (χ3n) is 4.40. The maximum atomic E-state index is 4.76. The van der Waals surface area contributed by atoms with E-state index in [1.165, 1.54) is 28.3 Å². The molecule has 0 spiro atoms. The van der Waals surface area contributed by atoms with Crippen molar-refractivity contribution in [2.45, 2.75) is 44.0 Å². The van der Waals surface area contributed by atoms with Crippen LogP contribution in [0.5, 0.6) is 0 Å². The fraction of sp³-hybridized carbons (Fsp3) is 0.500. The quantitative estimate of drug-likeness (QED) is 0.533. The van der Waals surface area contributed by atoms with Crippen LogP contribution in [0, 0.1) is 5.41 Å². The Morgan fingerprint density at radius 3 is 2.86 bits per heavy atom. The molecule has 2 heterocycles. The number of hydrogen-bond donors (Lipinski definition) is 1. The Morgan fingerprint density at radius 1 is 1.43 bits per heavy atom. The molecule has 2 nitrogen and oxygen atoms in total. The summed E-state index contributed by atoms with van der Waals surface area (Å²) in [5, 5.41) is 3.55. The summed E-state index contributed by atoms with van der Waals surface area (Å²) in [6.45, 7) is 7.74. The minimum Gasteiger partial charge on any atom is -0.384 e. The van der Waals surface area contributed by atoms with Crippen molar-refractivity contribution in [2.24, 2.45) is 10.4 Å². The monoisotopic (exact) mass is 394 g/mol. The molecule has 0 bridgehead atoms. The Morgan fingerprint density at radius 2 is 2.24 bits per heavy atom. The zero-order chi connectivity index (χ0) is 15.0. The lowest BCUT2D eigenvalue weighted by molar-refractivity contribution is 0.483. The largest absolute Gasteiger partial charge is 0.384 e. The third kappa shape index (κ3) is 3.17. The molecule has 0 aromatic rings. The normalized spacial score (nSPS) is 29.7. The number of alkyl halides is 1. The van der Waals surface area contributed by atoms with Gasteiger partial charge in [0.05, 0.1) is 0 Å². The van der Waals surface area contributed by atoms with Crippen LogP contribution in [0.1, 0.15) is 40.0 Å². The zero-order valence-corrected chi connectivity index (χ0v) is 15.2. The molecule has 1 N–H and O–H groups in total. The standard InChI is InChI=1S/C18H23IN2/c1-12-11-18(2,3)17(21-12)10-16-15(8-9-20-16)13-4-6-14(19)7-5-13/h4-6,10,14,20H,7-9,11H2,1-3H3/b17-10-. The highest BCUT2D eigenvalue weighted by Crippen LogP contribution is 2.39. The number of rotatable bonds is 2. The van der Waals surface area contributed by atoms with E-state index in [-0.39, 0.29) is 5.41 Å². The SMILES string of the molecule is CC1=N/C(=C\C2=C(C3=CCC(I)C=C3)CCN2)C(C)(C)C1. The van der Waals surface area contributed by atoms with Gasteiger partial charge in [0.25, 0.3) is 0 Å². The molecule has 3 rings (SSSR count). The molecular weight excluding hydrogens is 371 g/mol. The van der Waals surface area contributed by atoms with E-state index >= 15 is 0 Å². The molecule has 1 aliphatic carbocycles. The van der Waals surface area contributed by atoms with Gasteiger partial charge in [0.1, 0.15) is 0 Å². The Hall–Kier alpha value is -0.840. The van der Waals surface area contributed by atoms with Crippen molar-refractivity contribution in [1.82, 2.24) is 5.32 Å². The molecule has 0 amide bonds. The third-order valence-corrected chi connectivity index (χ3v) is 5.32. The average molecular weight is 394 g/mol. The van der Waals surface area contributed by atoms with Crippen molar-refractivity contribution in [3.8, 4) is 0 Å². The predicted molar refractivity (Wildman–Crippen MR) is 98.9 cm³/mol. The Bertz CT molecular complexity index is 603. The van der Waals surface area contributed by atoms with Crippen molar-refractivity contribution in [1.29, 1.82) is 0 Å². The van der Waals surface area contributed by atoms with Crippen molar-refractivity contribution in [3.63, 3.8) is 0 Å². The highest BCUT2D eigenvalue weighted by atomic mass is 127. The number of allylic oxidation sites excluding steroid dienone is 6. The van der Waals surface area contributed by atoms with Gasteiger partial charge in [0, 0.05) is 33.0 Å². The van der Waals surface area contributed by atoms with Crippen LogP contribution in [-0.4, -0.2) is 16.2 Å². The van der Waals surface area contributed by atoms with E-state index in [4.69, 9.17) is 4.99 Å². The van der Waals surface area contributed by atoms with Crippen LogP contribution in [-0.2, 0) is 0 Å². The lowest BCUT2D eigenvalue weighted by atomic mass is 9.86. The van der Waals surface area contributed by atoms with E-state index in [9.17, 15) is 0 Å². The summed E-state index contributed by atoms with van der Waals surface area (Å²) in [7, 11) is 0. The summed E-state index contributed by atoms with van der Waals surface area (Å²) in [5.41, 5.74) is 6.76. The molecule has 2 aliphatic heterocycles. The molecule has 21 heavy (non-hydrogen) atoms. The maximum absolute atomic E-state index is 4.76. The molecule has 0 aromatic heterocycles. The first-order chi connectivity index (χ1) is 9.95. The summed E-state index contributed by atoms with van der Waals surface area (Å²) in [6, 6.07) is 0. The molecule has 0 saturated carbocycles. The highest BCUT2D eigenvalue weighted by Gasteiger charge is 2.30. The first kappa shape index (κ1) is 15.1. The van der Waals surface area contributed by atoms with Gasteiger partial charge in [-0.25, -0.2) is 0 Å². The van der Waals surface area contributed by atoms with Gasteiger partial charge in [0.2, 0.25) is 0 Å². The number of hydrogen-bond acceptors (Lipinski definition) is 2. The summed E-state index contributed by atoms with van der Waals surface area (Å²) in [6.07, 6.45) is 12.6. The van der Waals surface area contributed by atoms with Crippen LogP contribution in [0.15, 0.2) is 51.8 Å². The summed E-state index contributed by atoms with van der Waals surface area (Å²) in [5.74, 6) is 0. The molecular formula is C18H23IN2. The minimum absolute atomic E-state index is 0.163.